The molecule has 0 saturated carbocycles. The van der Waals surface area contributed by atoms with E-state index in [1.54, 1.807) is 13.0 Å². The summed E-state index contributed by atoms with van der Waals surface area (Å²) < 4.78 is 34.0. The number of nitrogens with zero attached hydrogens (tertiary/aromatic N) is 2. The van der Waals surface area contributed by atoms with E-state index in [-0.39, 0.29) is 35.8 Å². The van der Waals surface area contributed by atoms with E-state index in [0.717, 1.165) is 32.4 Å². The van der Waals surface area contributed by atoms with Gasteiger partial charge < -0.3 is 15.0 Å². The number of benzene rings is 2. The smallest absolute Gasteiger partial charge is 0.262 e. The number of hydrogen-bond acceptors (Lipinski definition) is 5. The van der Waals surface area contributed by atoms with Crippen LogP contribution in [0, 0.1) is 18.8 Å². The molecule has 8 nitrogen and oxygen atoms in total. The standard InChI is InChI=1S/C27H33N3O5S/c1-19-14-23-24(35-18-26(31)28-23)16-25(19)36(33,34)30-11-5-8-22(17-30)27(32)29-12-9-21(10-13-29)15-20-6-3-2-4-7-20/h2-4,6-7,14,16,21-22H,5,8-13,15,17-18H2,1H3,(H,28,31). The van der Waals surface area contributed by atoms with Crippen molar-refractivity contribution < 1.29 is 22.7 Å². The maximum absolute atomic E-state index is 13.6. The van der Waals surface area contributed by atoms with E-state index in [4.69, 9.17) is 4.74 Å². The number of nitrogens with one attached hydrogen (secondary N) is 1. The molecular weight excluding hydrogens is 478 g/mol. The van der Waals surface area contributed by atoms with Crippen molar-refractivity contribution in [1.82, 2.24) is 9.21 Å². The predicted octanol–water partition coefficient (Wildman–Crippen LogP) is 3.21. The van der Waals surface area contributed by atoms with Crippen LogP contribution in [0.25, 0.3) is 0 Å². The normalized spacial score (nSPS) is 21.4. The summed E-state index contributed by atoms with van der Waals surface area (Å²) in [5.41, 5.74) is 2.35. The van der Waals surface area contributed by atoms with E-state index in [0.29, 0.717) is 42.3 Å². The van der Waals surface area contributed by atoms with Gasteiger partial charge in [0.1, 0.15) is 5.75 Å². The van der Waals surface area contributed by atoms with E-state index in [1.165, 1.54) is 15.9 Å². The highest BCUT2D eigenvalue weighted by Gasteiger charge is 2.37. The van der Waals surface area contributed by atoms with Gasteiger partial charge in [-0.25, -0.2) is 8.42 Å². The Balaban J connectivity index is 1.23. The molecule has 0 aliphatic carbocycles. The number of fused-ring (bicyclic) bond motifs is 1. The van der Waals surface area contributed by atoms with Gasteiger partial charge in [-0.3, -0.25) is 9.59 Å². The molecule has 5 rings (SSSR count). The highest BCUT2D eigenvalue weighted by Crippen LogP contribution is 2.35. The first-order valence-corrected chi connectivity index (χ1v) is 14.2. The predicted molar refractivity (Wildman–Crippen MR) is 136 cm³/mol. The number of rotatable bonds is 5. The van der Waals surface area contributed by atoms with Crippen LogP contribution in [-0.4, -0.2) is 62.2 Å². The summed E-state index contributed by atoms with van der Waals surface area (Å²) in [6, 6.07) is 13.6. The highest BCUT2D eigenvalue weighted by atomic mass is 32.2. The van der Waals surface area contributed by atoms with Gasteiger partial charge in [0.2, 0.25) is 15.9 Å². The Morgan fingerprint density at radius 1 is 1.08 bits per heavy atom. The summed E-state index contributed by atoms with van der Waals surface area (Å²) in [5.74, 6) is 0.397. The number of hydrogen-bond donors (Lipinski definition) is 1. The molecule has 0 aromatic heterocycles. The van der Waals surface area contributed by atoms with E-state index < -0.39 is 10.0 Å². The van der Waals surface area contributed by atoms with Crippen LogP contribution in [0.1, 0.15) is 36.8 Å². The largest absolute Gasteiger partial charge is 0.482 e. The molecular formula is C27H33N3O5S. The van der Waals surface area contributed by atoms with Gasteiger partial charge in [0, 0.05) is 32.2 Å². The van der Waals surface area contributed by atoms with Gasteiger partial charge in [-0.2, -0.15) is 4.31 Å². The van der Waals surface area contributed by atoms with Crippen molar-refractivity contribution in [1.29, 1.82) is 0 Å². The van der Waals surface area contributed by atoms with E-state index in [2.05, 4.69) is 29.6 Å². The van der Waals surface area contributed by atoms with Crippen LogP contribution >= 0.6 is 0 Å². The first kappa shape index (κ1) is 24.8. The number of sulfonamides is 1. The lowest BCUT2D eigenvalue weighted by molar-refractivity contribution is -0.138. The topological polar surface area (TPSA) is 96.0 Å². The zero-order valence-corrected chi connectivity index (χ0v) is 21.4. The van der Waals surface area contributed by atoms with Crippen molar-refractivity contribution in [3.8, 4) is 5.75 Å². The van der Waals surface area contributed by atoms with Gasteiger partial charge >= 0.3 is 0 Å². The molecule has 2 aromatic rings. The Kier molecular flexibility index (Phi) is 7.03. The molecule has 0 bridgehead atoms. The number of ether oxygens (including phenoxy) is 1. The number of aryl methyl sites for hydroxylation is 1. The van der Waals surface area contributed by atoms with Crippen molar-refractivity contribution in [2.45, 2.75) is 43.9 Å². The fourth-order valence-corrected chi connectivity index (χ4v) is 7.30. The van der Waals surface area contributed by atoms with Crippen LogP contribution in [0.4, 0.5) is 5.69 Å². The van der Waals surface area contributed by atoms with Crippen molar-refractivity contribution in [3.05, 3.63) is 53.6 Å². The molecule has 192 valence electrons. The quantitative estimate of drug-likeness (QED) is 0.665. The maximum Gasteiger partial charge on any atom is 0.262 e. The summed E-state index contributed by atoms with van der Waals surface area (Å²) in [6.07, 6.45) is 4.33. The maximum atomic E-state index is 13.6. The summed E-state index contributed by atoms with van der Waals surface area (Å²) in [7, 11) is -3.81. The van der Waals surface area contributed by atoms with E-state index in [9.17, 15) is 18.0 Å². The molecule has 36 heavy (non-hydrogen) atoms. The van der Waals surface area contributed by atoms with E-state index >= 15 is 0 Å². The second-order valence-electron chi connectivity index (χ2n) is 10.1. The molecule has 1 N–H and O–H groups in total. The number of amides is 2. The average molecular weight is 512 g/mol. The lowest BCUT2D eigenvalue weighted by Crippen LogP contribution is -2.48. The van der Waals surface area contributed by atoms with E-state index in [1.807, 2.05) is 11.0 Å². The molecule has 3 aliphatic heterocycles. The van der Waals surface area contributed by atoms with Crippen LogP contribution in [0.3, 0.4) is 0 Å². The number of carbonyl (C=O) groups is 2. The fourth-order valence-electron chi connectivity index (χ4n) is 5.56. The van der Waals surface area contributed by atoms with Crippen LogP contribution < -0.4 is 10.1 Å². The van der Waals surface area contributed by atoms with Crippen LogP contribution in [0.5, 0.6) is 5.75 Å². The van der Waals surface area contributed by atoms with Crippen LogP contribution in [0.2, 0.25) is 0 Å². The Hall–Kier alpha value is -2.91. The van der Waals surface area contributed by atoms with Gasteiger partial charge in [-0.15, -0.1) is 0 Å². The first-order chi connectivity index (χ1) is 17.3. The third kappa shape index (κ3) is 5.13. The Morgan fingerprint density at radius 2 is 1.83 bits per heavy atom. The van der Waals surface area contributed by atoms with Crippen molar-refractivity contribution >= 4 is 27.5 Å². The van der Waals surface area contributed by atoms with Gasteiger partial charge in [0.05, 0.1) is 16.5 Å². The third-order valence-corrected chi connectivity index (χ3v) is 9.56. The zero-order valence-electron chi connectivity index (χ0n) is 20.6. The Bertz CT molecular complexity index is 1240. The lowest BCUT2D eigenvalue weighted by atomic mass is 9.89. The summed E-state index contributed by atoms with van der Waals surface area (Å²) in [6.45, 7) is 3.61. The van der Waals surface area contributed by atoms with Crippen molar-refractivity contribution in [2.75, 3.05) is 38.1 Å². The number of likely N-dealkylation sites (tertiary alicyclic amines) is 1. The number of piperidine rings is 2. The Morgan fingerprint density at radius 3 is 2.58 bits per heavy atom. The molecule has 3 aliphatic rings. The Labute approximate surface area is 212 Å². The molecule has 9 heteroatoms. The SMILES string of the molecule is Cc1cc2c(cc1S(=O)(=O)N1CCCC(C(=O)N3CCC(Cc4ccccc4)CC3)C1)OCC(=O)N2. The average Bonchev–Trinajstić information content (AvgIpc) is 2.89. The first-order valence-electron chi connectivity index (χ1n) is 12.7. The minimum atomic E-state index is -3.81. The second kappa shape index (κ2) is 10.2. The number of carbonyl (C=O) groups excluding carboxylic acids is 2. The molecule has 0 spiro atoms. The molecule has 2 saturated heterocycles. The highest BCUT2D eigenvalue weighted by molar-refractivity contribution is 7.89. The molecule has 3 heterocycles. The van der Waals surface area contributed by atoms with Crippen LogP contribution in [0.15, 0.2) is 47.4 Å². The van der Waals surface area contributed by atoms with Crippen LogP contribution in [-0.2, 0) is 26.0 Å². The zero-order chi connectivity index (χ0) is 25.3. The fraction of sp³-hybridized carbons (Fsp3) is 0.481. The minimum Gasteiger partial charge on any atom is -0.482 e. The third-order valence-electron chi connectivity index (χ3n) is 7.55. The molecule has 0 radical (unpaired) electrons. The lowest BCUT2D eigenvalue weighted by Gasteiger charge is -2.37. The molecule has 2 fully saturated rings. The molecule has 2 amide bonds. The second-order valence-corrected chi connectivity index (χ2v) is 12.0. The summed E-state index contributed by atoms with van der Waals surface area (Å²) >= 11 is 0. The van der Waals surface area contributed by atoms with Gasteiger partial charge in [0.15, 0.2) is 6.61 Å². The van der Waals surface area contributed by atoms with Crippen molar-refractivity contribution in [2.24, 2.45) is 11.8 Å². The molecule has 1 unspecified atom stereocenters. The van der Waals surface area contributed by atoms with Gasteiger partial charge in [-0.05, 0) is 62.1 Å². The molecule has 2 aromatic carbocycles. The summed E-state index contributed by atoms with van der Waals surface area (Å²) in [4.78, 5) is 27.1. The number of anilines is 1. The van der Waals surface area contributed by atoms with Gasteiger partial charge in [0.25, 0.3) is 5.91 Å². The molecule has 1 atom stereocenters. The minimum absolute atomic E-state index is 0.0706. The summed E-state index contributed by atoms with van der Waals surface area (Å²) in [5, 5.41) is 2.71. The van der Waals surface area contributed by atoms with Gasteiger partial charge in [-0.1, -0.05) is 30.3 Å². The monoisotopic (exact) mass is 511 g/mol. The van der Waals surface area contributed by atoms with Crippen molar-refractivity contribution in [3.63, 3.8) is 0 Å².